The molecule has 0 spiro atoms. The number of carbonyl (C=O) groups is 1. The highest BCUT2D eigenvalue weighted by atomic mass is 32.1. The summed E-state index contributed by atoms with van der Waals surface area (Å²) >= 11 is 2.76. The number of ether oxygens (including phenoxy) is 3. The molecule has 0 bridgehead atoms. The van der Waals surface area contributed by atoms with Crippen LogP contribution in [0, 0.1) is 6.92 Å². The fraction of sp³-hybridized carbons (Fsp3) is 0.400. The molecule has 2 aliphatic rings. The second-order valence-corrected chi connectivity index (χ2v) is 16.7. The van der Waals surface area contributed by atoms with Crippen LogP contribution in [0.4, 0.5) is 0 Å². The first-order chi connectivity index (χ1) is 27.1. The average molecular weight is 801 g/mol. The number of hydrogen-bond acceptors (Lipinski definition) is 14. The summed E-state index contributed by atoms with van der Waals surface area (Å²) in [6.07, 6.45) is 2.90. The van der Waals surface area contributed by atoms with Gasteiger partial charge in [0.05, 0.1) is 21.4 Å². The zero-order valence-corrected chi connectivity index (χ0v) is 32.7. The van der Waals surface area contributed by atoms with E-state index in [9.17, 15) is 24.9 Å². The van der Waals surface area contributed by atoms with Crippen LogP contribution in [0.3, 0.4) is 0 Å². The molecule has 56 heavy (non-hydrogen) atoms. The number of aromatic nitrogens is 4. The van der Waals surface area contributed by atoms with E-state index >= 15 is 0 Å². The van der Waals surface area contributed by atoms with Crippen LogP contribution in [-0.4, -0.2) is 85.2 Å². The number of nitrogens with zero attached hydrogens (tertiary/aromatic N) is 4. The second kappa shape index (κ2) is 16.0. The van der Waals surface area contributed by atoms with Gasteiger partial charge >= 0.3 is 5.97 Å². The maximum atomic E-state index is 13.5. The highest BCUT2D eigenvalue weighted by molar-refractivity contribution is 7.13. The van der Waals surface area contributed by atoms with Crippen LogP contribution in [0.5, 0.6) is 17.2 Å². The number of nitrogens with one attached hydrogen (secondary N) is 2. The summed E-state index contributed by atoms with van der Waals surface area (Å²) in [4.78, 5) is 32.5. The first-order valence-electron chi connectivity index (χ1n) is 18.7. The number of aliphatic hydroxyl groups is 2. The highest BCUT2D eigenvalue weighted by Gasteiger charge is 2.45. The van der Waals surface area contributed by atoms with Crippen molar-refractivity contribution in [1.82, 2.24) is 30.2 Å². The smallest absolute Gasteiger partial charge is 0.349 e. The number of aliphatic hydroxyl groups excluding tert-OH is 1. The number of aromatic amines is 1. The molecule has 14 nitrogen and oxygen atoms in total. The normalized spacial score (nSPS) is 18.4. The lowest BCUT2D eigenvalue weighted by Gasteiger charge is -2.35. The lowest BCUT2D eigenvalue weighted by Crippen LogP contribution is -2.42. The quantitative estimate of drug-likeness (QED) is 0.0924. The minimum atomic E-state index is -1.80. The van der Waals surface area contributed by atoms with Crippen LogP contribution in [0.1, 0.15) is 64.0 Å². The number of aromatic hydroxyl groups is 1. The van der Waals surface area contributed by atoms with Crippen molar-refractivity contribution in [2.75, 3.05) is 26.9 Å². The summed E-state index contributed by atoms with van der Waals surface area (Å²) < 4.78 is 19.7. The molecule has 2 aromatic carbocycles. The van der Waals surface area contributed by atoms with Crippen molar-refractivity contribution in [2.24, 2.45) is 0 Å². The van der Waals surface area contributed by atoms with Gasteiger partial charge in [-0.05, 0) is 100.0 Å². The predicted octanol–water partition coefficient (Wildman–Crippen LogP) is 5.07. The highest BCUT2D eigenvalue weighted by Crippen LogP contribution is 2.42. The zero-order chi connectivity index (χ0) is 39.0. The molecule has 4 aromatic heterocycles. The summed E-state index contributed by atoms with van der Waals surface area (Å²) in [6, 6.07) is 15.7. The molecule has 1 saturated carbocycles. The Morgan fingerprint density at radius 2 is 1.95 bits per heavy atom. The summed E-state index contributed by atoms with van der Waals surface area (Å²) in [5.74, 6) is 0.541. The van der Waals surface area contributed by atoms with Crippen LogP contribution < -0.4 is 20.3 Å². The Bertz CT molecular complexity index is 2400. The molecule has 16 heteroatoms. The van der Waals surface area contributed by atoms with Crippen molar-refractivity contribution in [3.05, 3.63) is 96.1 Å². The molecule has 1 fully saturated rings. The van der Waals surface area contributed by atoms with E-state index in [-0.39, 0.29) is 36.3 Å². The molecule has 6 aromatic rings. The third-order valence-electron chi connectivity index (χ3n) is 10.8. The Morgan fingerprint density at radius 3 is 2.71 bits per heavy atom. The Balaban J connectivity index is 0.843. The van der Waals surface area contributed by atoms with E-state index < -0.39 is 17.7 Å². The summed E-state index contributed by atoms with van der Waals surface area (Å²) in [7, 11) is 2.13. The van der Waals surface area contributed by atoms with Gasteiger partial charge in [-0.1, -0.05) is 17.3 Å². The predicted molar refractivity (Wildman–Crippen MR) is 212 cm³/mol. The number of phenolic OH excluding ortho intramolecular Hbond substituents is 1. The van der Waals surface area contributed by atoms with Gasteiger partial charge in [-0.15, -0.1) is 27.8 Å². The first kappa shape index (κ1) is 38.1. The van der Waals surface area contributed by atoms with Crippen molar-refractivity contribution in [3.8, 4) is 17.2 Å². The number of carbonyl (C=O) groups excluding carboxylic acids is 1. The molecule has 5 N–H and O–H groups in total. The topological polar surface area (TPSA) is 184 Å². The molecular formula is C40H44N6O8S2. The fourth-order valence-corrected chi connectivity index (χ4v) is 9.65. The standard InChI is InChI=1S/C40H44N6O8S2/c1-23-6-14-33(56-23)40(51,32-5-3-18-55-32)39(50)54-26-9-7-25(8-10-26)45(2)16-4-17-46-36-29(43-44-46)19-24(37-38(36)53-22-52-37)20-41-21-31(48)27-11-13-30(47)35-28(27)12-15-34(49)42-35/h3,5-6,11-15,18-19,25-26,31,41,47-48,51H,4,7-10,16-17,20-22H2,1-2H3,(H,42,49)/t25?,26?,31-,40-/m0/s1. The van der Waals surface area contributed by atoms with Crippen LogP contribution in [0.2, 0.25) is 0 Å². The molecule has 5 heterocycles. The molecule has 0 unspecified atom stereocenters. The fourth-order valence-electron chi connectivity index (χ4n) is 7.80. The molecule has 0 amide bonds. The minimum absolute atomic E-state index is 0.0621. The van der Waals surface area contributed by atoms with E-state index in [0.717, 1.165) is 54.6 Å². The number of pyridine rings is 1. The summed E-state index contributed by atoms with van der Waals surface area (Å²) in [5.41, 5.74) is 0.997. The lowest BCUT2D eigenvalue weighted by atomic mass is 9.91. The van der Waals surface area contributed by atoms with Gasteiger partial charge in [0.25, 0.3) is 0 Å². The van der Waals surface area contributed by atoms with Gasteiger partial charge < -0.3 is 44.7 Å². The average Bonchev–Trinajstić information content (AvgIpc) is 4.03. The molecule has 2 atom stereocenters. The van der Waals surface area contributed by atoms with Crippen LogP contribution >= 0.6 is 22.7 Å². The van der Waals surface area contributed by atoms with Crippen molar-refractivity contribution >= 4 is 50.6 Å². The van der Waals surface area contributed by atoms with E-state index in [1.165, 1.54) is 34.8 Å². The number of H-pyrrole nitrogens is 1. The van der Waals surface area contributed by atoms with Crippen molar-refractivity contribution in [3.63, 3.8) is 0 Å². The third-order valence-corrected chi connectivity index (χ3v) is 12.9. The molecular weight excluding hydrogens is 757 g/mol. The van der Waals surface area contributed by atoms with Crippen molar-refractivity contribution in [2.45, 2.75) is 76.0 Å². The van der Waals surface area contributed by atoms with Crippen LogP contribution in [0.25, 0.3) is 21.9 Å². The van der Waals surface area contributed by atoms with E-state index in [0.29, 0.717) is 56.9 Å². The van der Waals surface area contributed by atoms with Gasteiger partial charge in [-0.25, -0.2) is 9.48 Å². The van der Waals surface area contributed by atoms with Crippen molar-refractivity contribution < 1.29 is 34.3 Å². The van der Waals surface area contributed by atoms with Gasteiger partial charge in [0.1, 0.15) is 22.9 Å². The first-order valence-corrected chi connectivity index (χ1v) is 20.4. The third kappa shape index (κ3) is 7.40. The number of fused-ring (bicyclic) bond motifs is 4. The maximum absolute atomic E-state index is 13.5. The van der Waals surface area contributed by atoms with E-state index in [1.54, 1.807) is 18.2 Å². The maximum Gasteiger partial charge on any atom is 0.349 e. The number of aryl methyl sites for hydroxylation is 2. The van der Waals surface area contributed by atoms with E-state index in [4.69, 9.17) is 14.2 Å². The van der Waals surface area contributed by atoms with Gasteiger partial charge in [0.2, 0.25) is 18.0 Å². The summed E-state index contributed by atoms with van der Waals surface area (Å²) in [5, 5.41) is 47.5. The van der Waals surface area contributed by atoms with Crippen molar-refractivity contribution in [1.29, 1.82) is 0 Å². The van der Waals surface area contributed by atoms with Crippen LogP contribution in [-0.2, 0) is 28.2 Å². The number of benzene rings is 2. The van der Waals surface area contributed by atoms with Gasteiger partial charge in [-0.3, -0.25) is 4.79 Å². The Labute approximate surface area is 330 Å². The number of esters is 1. The number of rotatable bonds is 14. The summed E-state index contributed by atoms with van der Waals surface area (Å²) in [6.45, 7) is 4.07. The van der Waals surface area contributed by atoms with Gasteiger partial charge in [-0.2, -0.15) is 0 Å². The van der Waals surface area contributed by atoms with Gasteiger partial charge in [0.15, 0.2) is 11.5 Å². The molecule has 0 saturated heterocycles. The monoisotopic (exact) mass is 800 g/mol. The van der Waals surface area contributed by atoms with E-state index in [1.807, 2.05) is 41.3 Å². The molecule has 8 rings (SSSR count). The number of hydrogen-bond donors (Lipinski definition) is 5. The second-order valence-electron chi connectivity index (χ2n) is 14.5. The molecule has 0 radical (unpaired) electrons. The molecule has 1 aliphatic carbocycles. The lowest BCUT2D eigenvalue weighted by molar-refractivity contribution is -0.169. The number of phenols is 1. The van der Waals surface area contributed by atoms with Crippen LogP contribution in [0.15, 0.2) is 64.8 Å². The Morgan fingerprint density at radius 1 is 1.12 bits per heavy atom. The zero-order valence-electron chi connectivity index (χ0n) is 31.1. The molecule has 1 aliphatic heterocycles. The largest absolute Gasteiger partial charge is 0.506 e. The Kier molecular flexibility index (Phi) is 10.8. The molecule has 294 valence electrons. The van der Waals surface area contributed by atoms with E-state index in [2.05, 4.69) is 32.6 Å². The minimum Gasteiger partial charge on any atom is -0.506 e. The van der Waals surface area contributed by atoms with Gasteiger partial charge in [0, 0.05) is 47.6 Å². The SMILES string of the molecule is Cc1ccc([C@](O)(C(=O)OC2CCC(N(C)CCCn3nnc4cc(CNC[C@H](O)c5ccc(O)c6[nH]c(=O)ccc56)c5c(c43)OCO5)CC2)c2cccs2)s1. The number of thiophene rings is 2. The Hall–Kier alpha value is -4.84.